The van der Waals surface area contributed by atoms with Crippen molar-refractivity contribution in [2.45, 2.75) is 37.5 Å². The molecule has 1 atom stereocenters. The summed E-state index contributed by atoms with van der Waals surface area (Å²) in [5.41, 5.74) is 4.00. The van der Waals surface area contributed by atoms with Gasteiger partial charge in [-0.3, -0.25) is 0 Å². The molecule has 0 saturated carbocycles. The van der Waals surface area contributed by atoms with Gasteiger partial charge in [0.1, 0.15) is 0 Å². The smallest absolute Gasteiger partial charge is 0.0343 e. The van der Waals surface area contributed by atoms with Gasteiger partial charge in [0.25, 0.3) is 0 Å². The molecule has 0 radical (unpaired) electrons. The number of thioether (sulfide) groups is 1. The average Bonchev–Trinajstić information content (AvgIpc) is 2.58. The summed E-state index contributed by atoms with van der Waals surface area (Å²) in [4.78, 5) is 1.37. The van der Waals surface area contributed by atoms with Crippen LogP contribution in [0.3, 0.4) is 0 Å². The van der Waals surface area contributed by atoms with E-state index in [1.165, 1.54) is 21.7 Å². The molecule has 23 heavy (non-hydrogen) atoms. The van der Waals surface area contributed by atoms with E-state index < -0.39 is 0 Å². The van der Waals surface area contributed by atoms with Crippen molar-refractivity contribution >= 4 is 30.1 Å². The highest BCUT2D eigenvalue weighted by Gasteiger charge is 2.08. The minimum absolute atomic E-state index is 0.528. The summed E-state index contributed by atoms with van der Waals surface area (Å²) in [5, 5.41) is 3.40. The van der Waals surface area contributed by atoms with Crippen molar-refractivity contribution in [3.8, 4) is 0 Å². The van der Waals surface area contributed by atoms with E-state index in [4.69, 9.17) is 0 Å². The number of nitrogens with one attached hydrogen (secondary N) is 1. The van der Waals surface area contributed by atoms with Crippen LogP contribution in [-0.2, 0) is 0 Å². The number of hydrogen-bond donors (Lipinski definition) is 2. The van der Waals surface area contributed by atoms with Crippen LogP contribution in [0.25, 0.3) is 0 Å². The van der Waals surface area contributed by atoms with Crippen molar-refractivity contribution in [2.75, 3.05) is 23.4 Å². The highest BCUT2D eigenvalue weighted by atomic mass is 32.2. The van der Waals surface area contributed by atoms with Gasteiger partial charge in [-0.1, -0.05) is 45.0 Å². The molecule has 0 aliphatic heterocycles. The lowest BCUT2D eigenvalue weighted by Gasteiger charge is -2.14. The SMILES string of the molecule is CC(C)c1cccc(SCC(C)c2cccc(NCCS)c2)c1. The lowest BCUT2D eigenvalue weighted by atomic mass is 10.0. The van der Waals surface area contributed by atoms with Crippen LogP contribution >= 0.6 is 24.4 Å². The van der Waals surface area contributed by atoms with Gasteiger partial charge in [-0.2, -0.15) is 12.6 Å². The predicted molar refractivity (Wildman–Crippen MR) is 108 cm³/mol. The Bertz CT molecular complexity index is 610. The Morgan fingerprint density at radius 2 is 1.74 bits per heavy atom. The predicted octanol–water partition coefficient (Wildman–Crippen LogP) is 6.05. The average molecular weight is 346 g/mol. The maximum Gasteiger partial charge on any atom is 0.0343 e. The Morgan fingerprint density at radius 3 is 2.48 bits per heavy atom. The first kappa shape index (κ1) is 18.3. The summed E-state index contributed by atoms with van der Waals surface area (Å²) >= 11 is 6.19. The van der Waals surface area contributed by atoms with Gasteiger partial charge in [-0.25, -0.2) is 0 Å². The van der Waals surface area contributed by atoms with Gasteiger partial charge in [-0.05, 0) is 47.2 Å². The third-order valence-corrected chi connectivity index (χ3v) is 5.40. The van der Waals surface area contributed by atoms with Crippen molar-refractivity contribution < 1.29 is 0 Å². The van der Waals surface area contributed by atoms with E-state index in [0.29, 0.717) is 11.8 Å². The molecule has 0 bridgehead atoms. The minimum Gasteiger partial charge on any atom is -0.384 e. The number of anilines is 1. The molecule has 0 fully saturated rings. The molecule has 2 rings (SSSR count). The second-order valence-electron chi connectivity index (χ2n) is 6.22. The van der Waals surface area contributed by atoms with Crippen LogP contribution in [0.4, 0.5) is 5.69 Å². The van der Waals surface area contributed by atoms with Gasteiger partial charge >= 0.3 is 0 Å². The Labute approximate surface area is 150 Å². The van der Waals surface area contributed by atoms with Crippen LogP contribution in [0.15, 0.2) is 53.4 Å². The maximum atomic E-state index is 4.25. The van der Waals surface area contributed by atoms with E-state index in [0.717, 1.165) is 18.1 Å². The molecule has 0 aliphatic rings. The zero-order chi connectivity index (χ0) is 16.7. The van der Waals surface area contributed by atoms with Gasteiger partial charge in [-0.15, -0.1) is 11.8 Å². The molecular formula is C20H27NS2. The maximum absolute atomic E-state index is 4.25. The topological polar surface area (TPSA) is 12.0 Å². The Morgan fingerprint density at radius 1 is 1.00 bits per heavy atom. The number of benzene rings is 2. The normalized spacial score (nSPS) is 12.4. The summed E-state index contributed by atoms with van der Waals surface area (Å²) in [7, 11) is 0. The van der Waals surface area contributed by atoms with Crippen molar-refractivity contribution in [3.05, 3.63) is 59.7 Å². The largest absolute Gasteiger partial charge is 0.384 e. The third-order valence-electron chi connectivity index (χ3n) is 3.92. The number of hydrogen-bond acceptors (Lipinski definition) is 3. The molecule has 0 heterocycles. The number of thiol groups is 1. The van der Waals surface area contributed by atoms with Crippen LogP contribution in [0.2, 0.25) is 0 Å². The second-order valence-corrected chi connectivity index (χ2v) is 7.76. The quantitative estimate of drug-likeness (QED) is 0.446. The molecule has 1 N–H and O–H groups in total. The number of rotatable bonds is 8. The van der Waals surface area contributed by atoms with E-state index in [2.05, 4.69) is 87.2 Å². The van der Waals surface area contributed by atoms with E-state index in [9.17, 15) is 0 Å². The van der Waals surface area contributed by atoms with Crippen molar-refractivity contribution in [1.82, 2.24) is 0 Å². The van der Waals surface area contributed by atoms with E-state index in [1.807, 2.05) is 11.8 Å². The summed E-state index contributed by atoms with van der Waals surface area (Å²) in [5.74, 6) is 3.06. The minimum atomic E-state index is 0.528. The molecule has 2 aromatic rings. The summed E-state index contributed by atoms with van der Waals surface area (Å²) in [6.07, 6.45) is 0. The van der Waals surface area contributed by atoms with Crippen LogP contribution < -0.4 is 5.32 Å². The first-order valence-corrected chi connectivity index (χ1v) is 9.89. The fourth-order valence-corrected chi connectivity index (χ4v) is 3.58. The summed E-state index contributed by atoms with van der Waals surface area (Å²) in [6.45, 7) is 7.69. The zero-order valence-electron chi connectivity index (χ0n) is 14.3. The molecule has 0 spiro atoms. The molecule has 0 aromatic heterocycles. The highest BCUT2D eigenvalue weighted by molar-refractivity contribution is 7.99. The summed E-state index contributed by atoms with van der Waals surface area (Å²) in [6, 6.07) is 17.7. The Kier molecular flexibility index (Phi) is 7.38. The van der Waals surface area contributed by atoms with E-state index in [1.54, 1.807) is 0 Å². The standard InChI is InChI=1S/C20H27NS2/c1-15(2)17-6-5-9-20(13-17)23-14-16(3)18-7-4-8-19(12-18)21-10-11-22/h4-9,12-13,15-16,21-22H,10-11,14H2,1-3H3. The van der Waals surface area contributed by atoms with Gasteiger partial charge in [0.15, 0.2) is 0 Å². The Balaban J connectivity index is 1.96. The molecule has 124 valence electrons. The van der Waals surface area contributed by atoms with Crippen molar-refractivity contribution in [1.29, 1.82) is 0 Å². The monoisotopic (exact) mass is 345 g/mol. The van der Waals surface area contributed by atoms with Gasteiger partial charge in [0.05, 0.1) is 0 Å². The lowest BCUT2D eigenvalue weighted by Crippen LogP contribution is -2.04. The zero-order valence-corrected chi connectivity index (χ0v) is 16.0. The fraction of sp³-hybridized carbons (Fsp3) is 0.400. The molecular weight excluding hydrogens is 318 g/mol. The molecule has 0 aliphatic carbocycles. The van der Waals surface area contributed by atoms with E-state index >= 15 is 0 Å². The van der Waals surface area contributed by atoms with E-state index in [-0.39, 0.29) is 0 Å². The van der Waals surface area contributed by atoms with Crippen LogP contribution in [0.1, 0.15) is 43.7 Å². The van der Waals surface area contributed by atoms with Crippen LogP contribution in [0, 0.1) is 0 Å². The fourth-order valence-electron chi connectivity index (χ4n) is 2.44. The third kappa shape index (κ3) is 5.82. The molecule has 3 heteroatoms. The van der Waals surface area contributed by atoms with Gasteiger partial charge in [0.2, 0.25) is 0 Å². The molecule has 0 amide bonds. The molecule has 1 nitrogen and oxygen atoms in total. The Hall–Kier alpha value is -1.06. The molecule has 0 saturated heterocycles. The van der Waals surface area contributed by atoms with Crippen LogP contribution in [0.5, 0.6) is 0 Å². The molecule has 2 aromatic carbocycles. The highest BCUT2D eigenvalue weighted by Crippen LogP contribution is 2.29. The summed E-state index contributed by atoms with van der Waals surface area (Å²) < 4.78 is 0. The van der Waals surface area contributed by atoms with Crippen LogP contribution in [-0.4, -0.2) is 18.1 Å². The second kappa shape index (κ2) is 9.29. The first-order chi connectivity index (χ1) is 11.1. The lowest BCUT2D eigenvalue weighted by molar-refractivity contribution is 0.861. The van der Waals surface area contributed by atoms with Crippen molar-refractivity contribution in [3.63, 3.8) is 0 Å². The van der Waals surface area contributed by atoms with Gasteiger partial charge in [0, 0.05) is 28.6 Å². The molecule has 1 unspecified atom stereocenters. The first-order valence-electron chi connectivity index (χ1n) is 8.27. The van der Waals surface area contributed by atoms with Crippen molar-refractivity contribution in [2.24, 2.45) is 0 Å². The van der Waals surface area contributed by atoms with Gasteiger partial charge < -0.3 is 5.32 Å².